The molecule has 3 aromatic rings. The summed E-state index contributed by atoms with van der Waals surface area (Å²) in [6.45, 7) is 4.10. The van der Waals surface area contributed by atoms with E-state index in [2.05, 4.69) is 41.4 Å². The number of nitrogens with zero attached hydrogens (tertiary/aromatic N) is 4. The fourth-order valence-corrected chi connectivity index (χ4v) is 3.73. The van der Waals surface area contributed by atoms with E-state index in [9.17, 15) is 0 Å². The molecular weight excluding hydrogens is 340 g/mol. The van der Waals surface area contributed by atoms with E-state index in [0.717, 1.165) is 39.1 Å². The van der Waals surface area contributed by atoms with Gasteiger partial charge in [-0.15, -0.1) is 10.2 Å². The smallest absolute Gasteiger partial charge is 0.187 e. The molecule has 0 amide bonds. The number of rotatable bonds is 2. The third kappa shape index (κ3) is 2.74. The van der Waals surface area contributed by atoms with Crippen molar-refractivity contribution >= 4 is 29.1 Å². The maximum absolute atomic E-state index is 6.06. The number of halogens is 1. The Morgan fingerprint density at radius 3 is 2.58 bits per heavy atom. The number of hydrogen-bond donors (Lipinski definition) is 0. The summed E-state index contributed by atoms with van der Waals surface area (Å²) in [5, 5.41) is 14.9. The Labute approximate surface area is 149 Å². The molecule has 4 nitrogen and oxygen atoms in total. The molecule has 2 heterocycles. The lowest BCUT2D eigenvalue weighted by Gasteiger charge is -2.14. The van der Waals surface area contributed by atoms with Gasteiger partial charge in [-0.2, -0.15) is 9.78 Å². The van der Waals surface area contributed by atoms with Crippen molar-refractivity contribution in [2.75, 3.05) is 5.75 Å². The second-order valence-corrected chi connectivity index (χ2v) is 7.16. The maximum Gasteiger partial charge on any atom is 0.212 e. The van der Waals surface area contributed by atoms with Crippen LogP contribution in [-0.2, 0) is 0 Å². The first-order valence-corrected chi connectivity index (χ1v) is 8.98. The zero-order valence-corrected chi connectivity index (χ0v) is 14.9. The monoisotopic (exact) mass is 354 g/mol. The summed E-state index contributed by atoms with van der Waals surface area (Å²) in [6.07, 6.45) is 0. The van der Waals surface area contributed by atoms with E-state index in [-0.39, 0.29) is 0 Å². The summed E-state index contributed by atoms with van der Waals surface area (Å²) in [4.78, 5) is 0. The summed E-state index contributed by atoms with van der Waals surface area (Å²) in [7, 11) is 0. The minimum atomic E-state index is 0.716. The molecule has 2 aromatic carbocycles. The van der Waals surface area contributed by atoms with Crippen LogP contribution in [0.1, 0.15) is 16.7 Å². The fourth-order valence-electron chi connectivity index (χ4n) is 2.66. The van der Waals surface area contributed by atoms with Gasteiger partial charge in [0.15, 0.2) is 5.82 Å². The average molecular weight is 355 g/mol. The second kappa shape index (κ2) is 6.07. The molecule has 0 spiro atoms. The molecule has 0 unspecified atom stereocenters. The minimum absolute atomic E-state index is 0.716. The zero-order chi connectivity index (χ0) is 16.7. The highest BCUT2D eigenvalue weighted by Gasteiger charge is 2.21. The van der Waals surface area contributed by atoms with E-state index >= 15 is 0 Å². The van der Waals surface area contributed by atoms with Crippen LogP contribution >= 0.6 is 23.4 Å². The van der Waals surface area contributed by atoms with E-state index in [1.54, 1.807) is 11.8 Å². The number of hydrogen-bond acceptors (Lipinski definition) is 4. The molecule has 1 aliphatic heterocycles. The van der Waals surface area contributed by atoms with Gasteiger partial charge in [0.2, 0.25) is 5.16 Å². The van der Waals surface area contributed by atoms with E-state index in [1.165, 1.54) is 5.56 Å². The van der Waals surface area contributed by atoms with Crippen molar-refractivity contribution in [3.8, 4) is 11.4 Å². The Kier molecular flexibility index (Phi) is 3.90. The Morgan fingerprint density at radius 1 is 1.04 bits per heavy atom. The highest BCUT2D eigenvalue weighted by Crippen LogP contribution is 2.30. The second-order valence-electron chi connectivity index (χ2n) is 5.78. The largest absolute Gasteiger partial charge is 0.212 e. The van der Waals surface area contributed by atoms with Crippen molar-refractivity contribution < 1.29 is 0 Å². The standard InChI is InChI=1S/C18H15ClN4S/c1-11-3-5-13(6-4-11)16-10-24-18-21-20-17(23(18)22-16)15-8-7-14(19)9-12(15)2/h3-9H,10H2,1-2H3. The predicted molar refractivity (Wildman–Crippen MR) is 99.0 cm³/mol. The molecule has 0 atom stereocenters. The zero-order valence-electron chi connectivity index (χ0n) is 13.3. The van der Waals surface area contributed by atoms with Crippen molar-refractivity contribution in [2.24, 2.45) is 5.10 Å². The summed E-state index contributed by atoms with van der Waals surface area (Å²) in [6, 6.07) is 14.2. The fraction of sp³-hybridized carbons (Fsp3) is 0.167. The van der Waals surface area contributed by atoms with Crippen molar-refractivity contribution in [3.63, 3.8) is 0 Å². The molecular formula is C18H15ClN4S. The Balaban J connectivity index is 1.80. The van der Waals surface area contributed by atoms with E-state index in [0.29, 0.717) is 5.02 Å². The van der Waals surface area contributed by atoms with Gasteiger partial charge in [0.05, 0.1) is 5.71 Å². The third-order valence-corrected chi connectivity index (χ3v) is 5.15. The molecule has 0 N–H and O–H groups in total. The lowest BCUT2D eigenvalue weighted by Crippen LogP contribution is -2.13. The maximum atomic E-state index is 6.06. The van der Waals surface area contributed by atoms with Gasteiger partial charge >= 0.3 is 0 Å². The number of thioether (sulfide) groups is 1. The van der Waals surface area contributed by atoms with Crippen LogP contribution in [0, 0.1) is 13.8 Å². The minimum Gasteiger partial charge on any atom is -0.187 e. The van der Waals surface area contributed by atoms with Crippen LogP contribution < -0.4 is 0 Å². The lowest BCUT2D eigenvalue weighted by atomic mass is 10.1. The highest BCUT2D eigenvalue weighted by atomic mass is 35.5. The van der Waals surface area contributed by atoms with Gasteiger partial charge in [-0.25, -0.2) is 0 Å². The first kappa shape index (κ1) is 15.4. The van der Waals surface area contributed by atoms with Gasteiger partial charge in [0.25, 0.3) is 0 Å². The molecule has 1 aromatic heterocycles. The topological polar surface area (TPSA) is 43.1 Å². The van der Waals surface area contributed by atoms with Crippen LogP contribution in [0.15, 0.2) is 52.7 Å². The van der Waals surface area contributed by atoms with Crippen molar-refractivity contribution in [1.82, 2.24) is 14.9 Å². The molecule has 0 bridgehead atoms. The molecule has 0 aliphatic carbocycles. The van der Waals surface area contributed by atoms with Crippen LogP contribution in [0.2, 0.25) is 5.02 Å². The molecule has 120 valence electrons. The molecule has 24 heavy (non-hydrogen) atoms. The summed E-state index contributed by atoms with van der Waals surface area (Å²) in [5.41, 5.74) is 5.45. The molecule has 1 aliphatic rings. The quantitative estimate of drug-likeness (QED) is 0.676. The van der Waals surface area contributed by atoms with Gasteiger partial charge in [-0.3, -0.25) is 0 Å². The van der Waals surface area contributed by atoms with Crippen molar-refractivity contribution in [1.29, 1.82) is 0 Å². The molecule has 6 heteroatoms. The van der Waals surface area contributed by atoms with Gasteiger partial charge in [0.1, 0.15) is 0 Å². The molecule has 0 saturated heterocycles. The molecule has 0 radical (unpaired) electrons. The van der Waals surface area contributed by atoms with Gasteiger partial charge in [0, 0.05) is 16.3 Å². The van der Waals surface area contributed by atoms with Gasteiger partial charge < -0.3 is 0 Å². The summed E-state index contributed by atoms with van der Waals surface area (Å²) < 4.78 is 1.83. The average Bonchev–Trinajstić information content (AvgIpc) is 2.98. The molecule has 0 saturated carbocycles. The summed E-state index contributed by atoms with van der Waals surface area (Å²) >= 11 is 7.72. The Hall–Kier alpha value is -2.11. The van der Waals surface area contributed by atoms with E-state index < -0.39 is 0 Å². The lowest BCUT2D eigenvalue weighted by molar-refractivity contribution is 0.762. The highest BCUT2D eigenvalue weighted by molar-refractivity contribution is 7.99. The third-order valence-electron chi connectivity index (χ3n) is 3.98. The number of aryl methyl sites for hydroxylation is 2. The van der Waals surface area contributed by atoms with Crippen LogP contribution in [0.25, 0.3) is 11.4 Å². The van der Waals surface area contributed by atoms with Gasteiger partial charge in [-0.05, 0) is 43.2 Å². The number of aromatic nitrogens is 3. The normalized spacial score (nSPS) is 13.5. The Bertz CT molecular complexity index is 944. The SMILES string of the molecule is Cc1ccc(C2=Nn3c(nnc3-c3ccc(Cl)cc3C)SC2)cc1. The first-order chi connectivity index (χ1) is 11.6. The van der Waals surface area contributed by atoms with Crippen molar-refractivity contribution in [3.05, 3.63) is 64.2 Å². The van der Waals surface area contributed by atoms with Crippen LogP contribution in [-0.4, -0.2) is 26.3 Å². The van der Waals surface area contributed by atoms with Gasteiger partial charge in [-0.1, -0.05) is 53.2 Å². The first-order valence-electron chi connectivity index (χ1n) is 7.61. The van der Waals surface area contributed by atoms with E-state index in [1.807, 2.05) is 29.8 Å². The van der Waals surface area contributed by atoms with Crippen LogP contribution in [0.3, 0.4) is 0 Å². The predicted octanol–water partition coefficient (Wildman–Crippen LogP) is 4.57. The van der Waals surface area contributed by atoms with Crippen LogP contribution in [0.4, 0.5) is 0 Å². The Morgan fingerprint density at radius 2 is 1.83 bits per heavy atom. The van der Waals surface area contributed by atoms with Crippen LogP contribution in [0.5, 0.6) is 0 Å². The number of benzene rings is 2. The molecule has 4 rings (SSSR count). The van der Waals surface area contributed by atoms with E-state index in [4.69, 9.17) is 16.7 Å². The molecule has 0 fully saturated rings. The summed E-state index contributed by atoms with van der Waals surface area (Å²) in [5.74, 6) is 1.54. The number of fused-ring (bicyclic) bond motifs is 1. The van der Waals surface area contributed by atoms with Crippen molar-refractivity contribution in [2.45, 2.75) is 19.0 Å².